The second kappa shape index (κ2) is 11.4. The van der Waals surface area contributed by atoms with E-state index in [2.05, 4.69) is 13.8 Å². The summed E-state index contributed by atoms with van der Waals surface area (Å²) >= 11 is 1.68. The van der Waals surface area contributed by atoms with Crippen LogP contribution >= 0.6 is 11.3 Å². The normalized spacial score (nSPS) is 16.4. The van der Waals surface area contributed by atoms with Crippen LogP contribution in [-0.4, -0.2) is 61.6 Å². The summed E-state index contributed by atoms with van der Waals surface area (Å²) in [5.41, 5.74) is 1.08. The molecule has 8 heteroatoms. The molecule has 0 saturated carbocycles. The van der Waals surface area contributed by atoms with Crippen molar-refractivity contribution in [3.63, 3.8) is 0 Å². The van der Waals surface area contributed by atoms with Crippen molar-refractivity contribution in [2.24, 2.45) is 5.92 Å². The molecule has 0 N–H and O–H groups in total. The Morgan fingerprint density at radius 1 is 1.28 bits per heavy atom. The van der Waals surface area contributed by atoms with E-state index in [1.807, 2.05) is 16.3 Å². The quantitative estimate of drug-likeness (QED) is 0.537. The average Bonchev–Trinajstić information content (AvgIpc) is 3.27. The molecule has 0 fully saturated rings. The topological polar surface area (TPSA) is 59.1 Å². The summed E-state index contributed by atoms with van der Waals surface area (Å²) in [6, 6.07) is 7.63. The Hall–Kier alpha value is -2.45. The van der Waals surface area contributed by atoms with Crippen LogP contribution in [0.15, 0.2) is 35.7 Å². The number of benzene rings is 1. The molecular formula is C24H31FN2O4S. The number of hydrogen-bond acceptors (Lipinski definition) is 5. The maximum absolute atomic E-state index is 13.4. The van der Waals surface area contributed by atoms with Gasteiger partial charge in [0.1, 0.15) is 24.8 Å². The summed E-state index contributed by atoms with van der Waals surface area (Å²) < 4.78 is 24.2. The molecule has 0 unspecified atom stereocenters. The van der Waals surface area contributed by atoms with Crippen molar-refractivity contribution in [3.05, 3.63) is 52.0 Å². The van der Waals surface area contributed by atoms with Crippen LogP contribution in [0.4, 0.5) is 4.39 Å². The van der Waals surface area contributed by atoms with Gasteiger partial charge in [-0.2, -0.15) is 0 Å². The standard InChI is InChI=1S/C24H31FN2O4S/c1-4-17(2)13-26(24(29)16-30-3)14-23(28)27-11-9-22-20(10-12-32-22)21(27)15-31-19-7-5-18(25)6-8-19/h5-8,10,12,17,21H,4,9,11,13-16H2,1-3H3/t17-,21+/m1/s1. The molecular weight excluding hydrogens is 431 g/mol. The van der Waals surface area contributed by atoms with E-state index in [1.54, 1.807) is 28.4 Å². The third-order valence-electron chi connectivity index (χ3n) is 5.81. The van der Waals surface area contributed by atoms with E-state index in [0.717, 1.165) is 18.4 Å². The van der Waals surface area contributed by atoms with Gasteiger partial charge in [-0.1, -0.05) is 20.3 Å². The van der Waals surface area contributed by atoms with E-state index >= 15 is 0 Å². The number of ether oxygens (including phenoxy) is 2. The Morgan fingerprint density at radius 3 is 2.72 bits per heavy atom. The number of thiophene rings is 1. The maximum atomic E-state index is 13.4. The van der Waals surface area contributed by atoms with E-state index in [4.69, 9.17) is 9.47 Å². The van der Waals surface area contributed by atoms with E-state index in [0.29, 0.717) is 18.8 Å². The number of nitrogens with zero attached hydrogens (tertiary/aromatic N) is 2. The van der Waals surface area contributed by atoms with Gasteiger partial charge in [0.25, 0.3) is 0 Å². The summed E-state index contributed by atoms with van der Waals surface area (Å²) in [6.07, 6.45) is 1.70. The molecule has 2 heterocycles. The Morgan fingerprint density at radius 2 is 2.03 bits per heavy atom. The molecule has 2 amide bonds. The lowest BCUT2D eigenvalue weighted by Crippen LogP contribution is -2.49. The van der Waals surface area contributed by atoms with E-state index < -0.39 is 0 Å². The molecule has 174 valence electrons. The molecule has 1 aliphatic rings. The van der Waals surface area contributed by atoms with Crippen molar-refractivity contribution in [2.45, 2.75) is 32.7 Å². The van der Waals surface area contributed by atoms with Crippen molar-refractivity contribution < 1.29 is 23.5 Å². The van der Waals surface area contributed by atoms with E-state index in [9.17, 15) is 14.0 Å². The molecule has 0 radical (unpaired) electrons. The van der Waals surface area contributed by atoms with E-state index in [1.165, 1.54) is 24.1 Å². The lowest BCUT2D eigenvalue weighted by Gasteiger charge is -2.37. The van der Waals surface area contributed by atoms with Crippen molar-refractivity contribution in [2.75, 3.05) is 40.0 Å². The number of methoxy groups -OCH3 is 1. The first kappa shape index (κ1) is 24.2. The van der Waals surface area contributed by atoms with Gasteiger partial charge in [-0.15, -0.1) is 11.3 Å². The van der Waals surface area contributed by atoms with Gasteiger partial charge in [0, 0.05) is 25.1 Å². The zero-order valence-corrected chi connectivity index (χ0v) is 19.7. The fourth-order valence-electron chi connectivity index (χ4n) is 3.81. The minimum atomic E-state index is -0.325. The second-order valence-electron chi connectivity index (χ2n) is 8.14. The van der Waals surface area contributed by atoms with Gasteiger partial charge in [0.2, 0.25) is 11.8 Å². The smallest absolute Gasteiger partial charge is 0.249 e. The number of fused-ring (bicyclic) bond motifs is 1. The number of rotatable bonds is 10. The van der Waals surface area contributed by atoms with Crippen LogP contribution in [0.5, 0.6) is 5.75 Å². The van der Waals surface area contributed by atoms with Crippen LogP contribution in [0.3, 0.4) is 0 Å². The Bertz CT molecular complexity index is 902. The molecule has 6 nitrogen and oxygen atoms in total. The second-order valence-corrected chi connectivity index (χ2v) is 9.14. The molecule has 0 spiro atoms. The fraction of sp³-hybridized carbons (Fsp3) is 0.500. The predicted octanol–water partition coefficient (Wildman–Crippen LogP) is 3.91. The highest BCUT2D eigenvalue weighted by molar-refractivity contribution is 7.10. The lowest BCUT2D eigenvalue weighted by molar-refractivity contribution is -0.145. The first-order valence-corrected chi connectivity index (χ1v) is 11.8. The lowest BCUT2D eigenvalue weighted by atomic mass is 10.00. The van der Waals surface area contributed by atoms with Gasteiger partial charge < -0.3 is 19.3 Å². The van der Waals surface area contributed by atoms with Gasteiger partial charge in [-0.3, -0.25) is 9.59 Å². The molecule has 2 atom stereocenters. The molecule has 1 aromatic carbocycles. The number of carbonyl (C=O) groups is 2. The number of carbonyl (C=O) groups excluding carboxylic acids is 2. The summed E-state index contributed by atoms with van der Waals surface area (Å²) in [7, 11) is 1.48. The molecule has 0 saturated heterocycles. The Labute approximate surface area is 192 Å². The zero-order chi connectivity index (χ0) is 23.1. The highest BCUT2D eigenvalue weighted by atomic mass is 32.1. The minimum Gasteiger partial charge on any atom is -0.491 e. The first-order chi connectivity index (χ1) is 15.4. The SMILES string of the molecule is CC[C@@H](C)CN(CC(=O)N1CCc2sccc2[C@@H]1COc1ccc(F)cc1)C(=O)COC. The van der Waals surface area contributed by atoms with Gasteiger partial charge in [-0.05, 0) is 53.6 Å². The fourth-order valence-corrected chi connectivity index (χ4v) is 4.74. The van der Waals surface area contributed by atoms with Gasteiger partial charge in [0.05, 0.1) is 12.6 Å². The molecule has 1 aromatic heterocycles. The third kappa shape index (κ3) is 6.07. The van der Waals surface area contributed by atoms with Crippen LogP contribution in [0.1, 0.15) is 36.8 Å². The van der Waals surface area contributed by atoms with Crippen LogP contribution in [0, 0.1) is 11.7 Å². The number of halogens is 1. The molecule has 0 aliphatic carbocycles. The molecule has 0 bridgehead atoms. The monoisotopic (exact) mass is 462 g/mol. The summed E-state index contributed by atoms with van der Waals surface area (Å²) in [6.45, 7) is 5.44. The number of amides is 2. The third-order valence-corrected chi connectivity index (χ3v) is 6.81. The molecule has 1 aliphatic heterocycles. The highest BCUT2D eigenvalue weighted by Crippen LogP contribution is 2.34. The van der Waals surface area contributed by atoms with Crippen molar-refractivity contribution in [1.29, 1.82) is 0 Å². The van der Waals surface area contributed by atoms with Crippen LogP contribution in [0.25, 0.3) is 0 Å². The predicted molar refractivity (Wildman–Crippen MR) is 122 cm³/mol. The summed E-state index contributed by atoms with van der Waals surface area (Å²) in [5.74, 6) is 0.214. The molecule has 32 heavy (non-hydrogen) atoms. The summed E-state index contributed by atoms with van der Waals surface area (Å²) in [4.78, 5) is 30.6. The molecule has 2 aromatic rings. The Kier molecular flexibility index (Phi) is 8.64. The molecule has 3 rings (SSSR count). The average molecular weight is 463 g/mol. The van der Waals surface area contributed by atoms with Crippen LogP contribution in [0.2, 0.25) is 0 Å². The minimum absolute atomic E-state index is 0.0129. The largest absolute Gasteiger partial charge is 0.491 e. The maximum Gasteiger partial charge on any atom is 0.249 e. The Balaban J connectivity index is 1.75. The van der Waals surface area contributed by atoms with Crippen molar-refractivity contribution in [1.82, 2.24) is 9.80 Å². The van der Waals surface area contributed by atoms with Gasteiger partial charge in [0.15, 0.2) is 0 Å². The van der Waals surface area contributed by atoms with Crippen molar-refractivity contribution >= 4 is 23.2 Å². The highest BCUT2D eigenvalue weighted by Gasteiger charge is 2.33. The van der Waals surface area contributed by atoms with E-state index in [-0.39, 0.29) is 49.3 Å². The van der Waals surface area contributed by atoms with Crippen molar-refractivity contribution in [3.8, 4) is 5.75 Å². The van der Waals surface area contributed by atoms with Gasteiger partial charge in [-0.25, -0.2) is 4.39 Å². The summed E-state index contributed by atoms with van der Waals surface area (Å²) in [5, 5.41) is 2.03. The first-order valence-electron chi connectivity index (χ1n) is 10.9. The van der Waals surface area contributed by atoms with Gasteiger partial charge >= 0.3 is 0 Å². The number of hydrogen-bond donors (Lipinski definition) is 0. The van der Waals surface area contributed by atoms with Crippen LogP contribution < -0.4 is 4.74 Å². The zero-order valence-electron chi connectivity index (χ0n) is 18.9. The van der Waals surface area contributed by atoms with Crippen LogP contribution in [-0.2, 0) is 20.7 Å².